The van der Waals surface area contributed by atoms with Gasteiger partial charge >= 0.3 is 6.01 Å². The first-order valence-corrected chi connectivity index (χ1v) is 6.23. The summed E-state index contributed by atoms with van der Waals surface area (Å²) in [6, 6.07) is 7.57. The average Bonchev–Trinajstić information content (AvgIpc) is 2.45. The molecule has 0 spiro atoms. The third-order valence-corrected chi connectivity index (χ3v) is 2.62. The van der Waals surface area contributed by atoms with Gasteiger partial charge in [0.05, 0.1) is 0 Å². The molecule has 0 aliphatic heterocycles. The molecule has 0 saturated carbocycles. The highest BCUT2D eigenvalue weighted by Gasteiger charge is 2.08. The topological polar surface area (TPSA) is 89.2 Å². The summed E-state index contributed by atoms with van der Waals surface area (Å²) in [6.45, 7) is 0.307. The molecule has 2 rings (SSSR count). The van der Waals surface area contributed by atoms with Crippen LogP contribution in [0.5, 0.6) is 6.01 Å². The van der Waals surface area contributed by atoms with Crippen LogP contribution in [0.4, 0.5) is 11.9 Å². The maximum absolute atomic E-state index is 5.91. The van der Waals surface area contributed by atoms with Crippen molar-refractivity contribution in [2.45, 2.75) is 6.61 Å². The number of nitrogens with zero attached hydrogens (tertiary/aromatic N) is 4. The van der Waals surface area contributed by atoms with Crippen molar-refractivity contribution in [1.82, 2.24) is 15.0 Å². The van der Waals surface area contributed by atoms with Gasteiger partial charge in [-0.3, -0.25) is 5.43 Å². The molecule has 0 amide bonds. The number of nitrogen functional groups attached to an aromatic ring is 1. The molecule has 0 saturated heterocycles. The van der Waals surface area contributed by atoms with E-state index < -0.39 is 0 Å². The Hall–Kier alpha value is -2.12. The Balaban J connectivity index is 2.14. The van der Waals surface area contributed by atoms with Gasteiger partial charge in [0.15, 0.2) is 0 Å². The zero-order valence-electron chi connectivity index (χ0n) is 11.2. The summed E-state index contributed by atoms with van der Waals surface area (Å²) in [5.74, 6) is 6.01. The van der Waals surface area contributed by atoms with Crippen molar-refractivity contribution in [3.05, 3.63) is 34.9 Å². The van der Waals surface area contributed by atoms with E-state index in [1.165, 1.54) is 0 Å². The molecule has 1 aromatic carbocycles. The summed E-state index contributed by atoms with van der Waals surface area (Å²) >= 11 is 5.91. The van der Waals surface area contributed by atoms with Gasteiger partial charge in [-0.15, -0.1) is 0 Å². The monoisotopic (exact) mass is 294 g/mol. The lowest BCUT2D eigenvalue weighted by Crippen LogP contribution is -2.18. The zero-order valence-corrected chi connectivity index (χ0v) is 11.9. The molecule has 0 radical (unpaired) electrons. The molecule has 0 atom stereocenters. The maximum atomic E-state index is 5.91. The highest BCUT2D eigenvalue weighted by molar-refractivity contribution is 6.30. The molecule has 0 unspecified atom stereocenters. The normalized spacial score (nSPS) is 10.2. The number of aromatic nitrogens is 3. The van der Waals surface area contributed by atoms with Crippen LogP contribution in [0, 0.1) is 0 Å². The van der Waals surface area contributed by atoms with Crippen LogP contribution in [0.2, 0.25) is 5.02 Å². The Bertz CT molecular complexity index is 592. The lowest BCUT2D eigenvalue weighted by Gasteiger charge is -2.12. The largest absolute Gasteiger partial charge is 0.458 e. The smallest absolute Gasteiger partial charge is 0.323 e. The van der Waals surface area contributed by atoms with E-state index in [-0.39, 0.29) is 12.0 Å². The van der Waals surface area contributed by atoms with Crippen LogP contribution in [-0.2, 0) is 6.61 Å². The maximum Gasteiger partial charge on any atom is 0.323 e. The molecule has 3 N–H and O–H groups in total. The molecule has 0 bridgehead atoms. The minimum absolute atomic E-state index is 0.191. The molecule has 1 heterocycles. The Labute approximate surface area is 121 Å². The van der Waals surface area contributed by atoms with Crippen LogP contribution in [-0.4, -0.2) is 29.0 Å². The second kappa shape index (κ2) is 6.36. The van der Waals surface area contributed by atoms with Crippen molar-refractivity contribution >= 4 is 23.5 Å². The summed E-state index contributed by atoms with van der Waals surface area (Å²) in [6.07, 6.45) is 0. The van der Waals surface area contributed by atoms with Gasteiger partial charge in [-0.2, -0.15) is 15.0 Å². The van der Waals surface area contributed by atoms with Crippen LogP contribution in [0.3, 0.4) is 0 Å². The number of hydrogen-bond donors (Lipinski definition) is 2. The van der Waals surface area contributed by atoms with E-state index in [2.05, 4.69) is 20.4 Å². The van der Waals surface area contributed by atoms with Crippen LogP contribution in [0.1, 0.15) is 5.56 Å². The highest BCUT2D eigenvalue weighted by Crippen LogP contribution is 2.15. The Morgan fingerprint density at radius 1 is 1.30 bits per heavy atom. The quantitative estimate of drug-likeness (QED) is 0.637. The van der Waals surface area contributed by atoms with Gasteiger partial charge in [-0.05, 0) is 17.7 Å². The van der Waals surface area contributed by atoms with E-state index in [1.54, 1.807) is 11.0 Å². The van der Waals surface area contributed by atoms with E-state index in [9.17, 15) is 0 Å². The summed E-state index contributed by atoms with van der Waals surface area (Å²) in [7, 11) is 3.63. The number of rotatable bonds is 5. The number of halogens is 1. The van der Waals surface area contributed by atoms with E-state index in [4.69, 9.17) is 22.2 Å². The van der Waals surface area contributed by atoms with E-state index in [0.29, 0.717) is 17.6 Å². The van der Waals surface area contributed by atoms with Gasteiger partial charge in [-0.25, -0.2) is 5.84 Å². The molecule has 20 heavy (non-hydrogen) atoms. The third-order valence-electron chi connectivity index (χ3n) is 2.39. The summed E-state index contributed by atoms with van der Waals surface area (Å²) < 4.78 is 5.54. The number of ether oxygens (including phenoxy) is 1. The number of nitrogens with one attached hydrogen (secondary N) is 1. The standard InChI is InChI=1S/C12H15ClN6O/c1-19(2)11-15-10(18-14)16-12(17-11)20-7-8-4-3-5-9(13)6-8/h3-6H,7,14H2,1-2H3,(H,15,16,17,18). The number of hydrogen-bond acceptors (Lipinski definition) is 7. The minimum Gasteiger partial charge on any atom is -0.458 e. The van der Waals surface area contributed by atoms with Gasteiger partial charge in [-0.1, -0.05) is 23.7 Å². The Morgan fingerprint density at radius 3 is 2.75 bits per heavy atom. The molecule has 8 heteroatoms. The first kappa shape index (κ1) is 14.3. The van der Waals surface area contributed by atoms with Crippen molar-refractivity contribution in [3.8, 4) is 6.01 Å². The molecular formula is C12H15ClN6O. The predicted octanol–water partition coefficient (Wildman–Crippen LogP) is 1.46. The number of hydrazine groups is 1. The van der Waals surface area contributed by atoms with Crippen LogP contribution >= 0.6 is 11.6 Å². The highest BCUT2D eigenvalue weighted by atomic mass is 35.5. The molecular weight excluding hydrogens is 280 g/mol. The van der Waals surface area contributed by atoms with Crippen LogP contribution < -0.4 is 20.9 Å². The van der Waals surface area contributed by atoms with Crippen molar-refractivity contribution in [2.24, 2.45) is 5.84 Å². The third kappa shape index (κ3) is 3.69. The fourth-order valence-electron chi connectivity index (χ4n) is 1.45. The van der Waals surface area contributed by atoms with E-state index in [0.717, 1.165) is 5.56 Å². The van der Waals surface area contributed by atoms with Crippen molar-refractivity contribution in [2.75, 3.05) is 24.4 Å². The summed E-state index contributed by atoms with van der Waals surface area (Å²) in [5, 5.41) is 0.653. The average molecular weight is 295 g/mol. The minimum atomic E-state index is 0.191. The molecule has 0 fully saturated rings. The number of nitrogens with two attached hydrogens (primary N) is 1. The summed E-state index contributed by atoms with van der Waals surface area (Å²) in [4.78, 5) is 14.0. The lowest BCUT2D eigenvalue weighted by atomic mass is 10.2. The first-order valence-electron chi connectivity index (χ1n) is 5.86. The molecule has 0 aliphatic rings. The molecule has 1 aromatic heterocycles. The fourth-order valence-corrected chi connectivity index (χ4v) is 1.66. The fraction of sp³-hybridized carbons (Fsp3) is 0.250. The van der Waals surface area contributed by atoms with Crippen molar-refractivity contribution in [3.63, 3.8) is 0 Å². The number of benzene rings is 1. The second-order valence-electron chi connectivity index (χ2n) is 4.20. The molecule has 0 aliphatic carbocycles. The SMILES string of the molecule is CN(C)c1nc(NN)nc(OCc2cccc(Cl)c2)n1. The van der Waals surface area contributed by atoms with E-state index in [1.807, 2.05) is 32.3 Å². The van der Waals surface area contributed by atoms with Crippen LogP contribution in [0.15, 0.2) is 24.3 Å². The van der Waals surface area contributed by atoms with Gasteiger partial charge in [0.2, 0.25) is 11.9 Å². The predicted molar refractivity (Wildman–Crippen MR) is 77.7 cm³/mol. The lowest BCUT2D eigenvalue weighted by molar-refractivity contribution is 0.280. The van der Waals surface area contributed by atoms with Gasteiger partial charge in [0.25, 0.3) is 0 Å². The van der Waals surface area contributed by atoms with Gasteiger partial charge < -0.3 is 9.64 Å². The first-order chi connectivity index (χ1) is 9.58. The van der Waals surface area contributed by atoms with Gasteiger partial charge in [0, 0.05) is 19.1 Å². The Morgan fingerprint density at radius 2 is 2.10 bits per heavy atom. The van der Waals surface area contributed by atoms with Crippen LogP contribution in [0.25, 0.3) is 0 Å². The number of anilines is 2. The van der Waals surface area contributed by atoms with Crippen molar-refractivity contribution in [1.29, 1.82) is 0 Å². The molecule has 106 valence electrons. The van der Waals surface area contributed by atoms with Gasteiger partial charge in [0.1, 0.15) is 6.61 Å². The Kier molecular flexibility index (Phi) is 4.54. The second-order valence-corrected chi connectivity index (χ2v) is 4.64. The molecule has 2 aromatic rings. The zero-order chi connectivity index (χ0) is 14.5. The summed E-state index contributed by atoms with van der Waals surface area (Å²) in [5.41, 5.74) is 3.30. The van der Waals surface area contributed by atoms with Crippen molar-refractivity contribution < 1.29 is 4.74 Å². The van der Waals surface area contributed by atoms with E-state index >= 15 is 0 Å². The molecule has 7 nitrogen and oxygen atoms in total.